The van der Waals surface area contributed by atoms with Crippen molar-refractivity contribution in [1.82, 2.24) is 4.90 Å². The predicted molar refractivity (Wildman–Crippen MR) is 80.2 cm³/mol. The van der Waals surface area contributed by atoms with Crippen LogP contribution in [0.5, 0.6) is 0 Å². The van der Waals surface area contributed by atoms with Crippen molar-refractivity contribution in [2.75, 3.05) is 5.33 Å². The van der Waals surface area contributed by atoms with E-state index in [1.165, 1.54) is 18.9 Å². The molecule has 1 aromatic rings. The first-order valence-corrected chi connectivity index (χ1v) is 8.30. The lowest BCUT2D eigenvalue weighted by molar-refractivity contribution is -0.136. The Kier molecular flexibility index (Phi) is 3.61. The van der Waals surface area contributed by atoms with Gasteiger partial charge in [-0.2, -0.15) is 0 Å². The highest BCUT2D eigenvalue weighted by Gasteiger charge is 2.47. The van der Waals surface area contributed by atoms with Crippen LogP contribution < -0.4 is 0 Å². The quantitative estimate of drug-likeness (QED) is 0.753. The lowest BCUT2D eigenvalue weighted by Gasteiger charge is -2.40. The summed E-state index contributed by atoms with van der Waals surface area (Å²) in [5.41, 5.74) is 2.06. The van der Waals surface area contributed by atoms with E-state index in [9.17, 15) is 9.18 Å². The van der Waals surface area contributed by atoms with E-state index in [1.807, 2.05) is 11.0 Å². The zero-order valence-corrected chi connectivity index (χ0v) is 13.2. The Labute approximate surface area is 127 Å². The van der Waals surface area contributed by atoms with Crippen LogP contribution in [0.25, 0.3) is 0 Å². The summed E-state index contributed by atoms with van der Waals surface area (Å²) in [5.74, 6) is 0.554. The van der Waals surface area contributed by atoms with Gasteiger partial charge in [0.25, 0.3) is 0 Å². The molecule has 1 atom stereocenters. The van der Waals surface area contributed by atoms with E-state index in [0.717, 1.165) is 24.0 Å². The molecular formula is C16H19BrFNO. The number of rotatable bonds is 2. The van der Waals surface area contributed by atoms with Gasteiger partial charge in [-0.05, 0) is 61.8 Å². The molecule has 1 unspecified atom stereocenters. The van der Waals surface area contributed by atoms with Crippen LogP contribution in [0.4, 0.5) is 4.39 Å². The van der Waals surface area contributed by atoms with Gasteiger partial charge in [-0.1, -0.05) is 22.0 Å². The highest BCUT2D eigenvalue weighted by atomic mass is 79.9. The molecule has 3 rings (SSSR count). The second kappa shape index (κ2) is 5.14. The van der Waals surface area contributed by atoms with Crippen molar-refractivity contribution in [3.63, 3.8) is 0 Å². The average Bonchev–Trinajstić information content (AvgIpc) is 3.27. The highest BCUT2D eigenvalue weighted by molar-refractivity contribution is 9.09. The highest BCUT2D eigenvalue weighted by Crippen LogP contribution is 2.47. The molecule has 0 spiro atoms. The van der Waals surface area contributed by atoms with Gasteiger partial charge in [0, 0.05) is 12.1 Å². The van der Waals surface area contributed by atoms with Gasteiger partial charge < -0.3 is 4.90 Å². The second-order valence-corrected chi connectivity index (χ2v) is 6.72. The molecule has 1 fully saturated rings. The van der Waals surface area contributed by atoms with Crippen LogP contribution in [0.3, 0.4) is 0 Å². The summed E-state index contributed by atoms with van der Waals surface area (Å²) in [4.78, 5) is 14.4. The van der Waals surface area contributed by atoms with E-state index < -0.39 is 0 Å². The minimum absolute atomic E-state index is 0.0830. The molecule has 0 radical (unpaired) electrons. The molecule has 1 amide bonds. The molecule has 0 aromatic heterocycles. The molecule has 1 heterocycles. The number of carbonyl (C=O) groups is 1. The number of benzene rings is 1. The molecule has 0 saturated heterocycles. The standard InChI is InChI=1S/C16H19BrFNO/c1-16(13-3-4-13)7-6-11-8-14(18)5-2-12(11)10-19(16)15(20)9-17/h2,5,8,13H,3-4,6-7,9-10H2,1H3. The van der Waals surface area contributed by atoms with Gasteiger partial charge in [0.05, 0.1) is 5.33 Å². The number of nitrogens with zero attached hydrogens (tertiary/aromatic N) is 1. The maximum atomic E-state index is 13.4. The Bertz CT molecular complexity index is 543. The zero-order chi connectivity index (χ0) is 14.3. The van der Waals surface area contributed by atoms with Crippen LogP contribution >= 0.6 is 15.9 Å². The molecule has 2 aliphatic rings. The van der Waals surface area contributed by atoms with Crippen molar-refractivity contribution >= 4 is 21.8 Å². The number of hydrogen-bond donors (Lipinski definition) is 0. The fourth-order valence-corrected chi connectivity index (χ4v) is 3.73. The zero-order valence-electron chi connectivity index (χ0n) is 11.7. The summed E-state index contributed by atoms with van der Waals surface area (Å²) in [6.45, 7) is 2.81. The molecule has 2 nitrogen and oxygen atoms in total. The fourth-order valence-electron chi connectivity index (χ4n) is 3.43. The normalized spacial score (nSPS) is 26.1. The van der Waals surface area contributed by atoms with Crippen molar-refractivity contribution in [1.29, 1.82) is 0 Å². The van der Waals surface area contributed by atoms with E-state index >= 15 is 0 Å². The van der Waals surface area contributed by atoms with Crippen LogP contribution in [-0.4, -0.2) is 21.7 Å². The summed E-state index contributed by atoms with van der Waals surface area (Å²) in [7, 11) is 0. The SMILES string of the molecule is CC1(C2CC2)CCc2cc(F)ccc2CN1C(=O)CBr. The van der Waals surface area contributed by atoms with Gasteiger partial charge in [0.15, 0.2) is 0 Å². The first-order chi connectivity index (χ1) is 9.54. The minimum atomic E-state index is -0.183. The molecular weight excluding hydrogens is 321 g/mol. The maximum Gasteiger partial charge on any atom is 0.233 e. The monoisotopic (exact) mass is 339 g/mol. The molecule has 4 heteroatoms. The summed E-state index contributed by atoms with van der Waals surface area (Å²) in [6.07, 6.45) is 4.18. The molecule has 1 saturated carbocycles. The first-order valence-electron chi connectivity index (χ1n) is 7.18. The molecule has 108 valence electrons. The van der Waals surface area contributed by atoms with Crippen LogP contribution in [0.2, 0.25) is 0 Å². The Balaban J connectivity index is 1.98. The molecule has 0 bridgehead atoms. The Hall–Kier alpha value is -0.900. The van der Waals surface area contributed by atoms with Crippen molar-refractivity contribution in [2.24, 2.45) is 5.92 Å². The maximum absolute atomic E-state index is 13.4. The summed E-state index contributed by atoms with van der Waals surface area (Å²) in [5, 5.41) is 0.353. The minimum Gasteiger partial charge on any atom is -0.332 e. The molecule has 0 N–H and O–H groups in total. The van der Waals surface area contributed by atoms with Gasteiger partial charge >= 0.3 is 0 Å². The van der Waals surface area contributed by atoms with Gasteiger partial charge in [-0.25, -0.2) is 4.39 Å². The third-order valence-corrected chi connectivity index (χ3v) is 5.37. The van der Waals surface area contributed by atoms with E-state index in [1.54, 1.807) is 6.07 Å². The smallest absolute Gasteiger partial charge is 0.233 e. The van der Waals surface area contributed by atoms with E-state index in [2.05, 4.69) is 22.9 Å². The van der Waals surface area contributed by atoms with Gasteiger partial charge in [-0.3, -0.25) is 4.79 Å². The van der Waals surface area contributed by atoms with Gasteiger partial charge in [-0.15, -0.1) is 0 Å². The van der Waals surface area contributed by atoms with Crippen molar-refractivity contribution in [3.05, 3.63) is 35.1 Å². The van der Waals surface area contributed by atoms with Crippen LogP contribution in [0, 0.1) is 11.7 Å². The number of fused-ring (bicyclic) bond motifs is 1. The van der Waals surface area contributed by atoms with Crippen LogP contribution in [-0.2, 0) is 17.8 Å². The number of hydrogen-bond acceptors (Lipinski definition) is 1. The number of carbonyl (C=O) groups excluding carboxylic acids is 1. The second-order valence-electron chi connectivity index (χ2n) is 6.16. The van der Waals surface area contributed by atoms with E-state index in [4.69, 9.17) is 0 Å². The lowest BCUT2D eigenvalue weighted by Crippen LogP contribution is -2.50. The number of amides is 1. The molecule has 1 aliphatic heterocycles. The third-order valence-electron chi connectivity index (χ3n) is 4.89. The van der Waals surface area contributed by atoms with Crippen molar-refractivity contribution in [2.45, 2.75) is 44.7 Å². The topological polar surface area (TPSA) is 20.3 Å². The van der Waals surface area contributed by atoms with Crippen LogP contribution in [0.1, 0.15) is 37.3 Å². The predicted octanol–water partition coefficient (Wildman–Crippen LogP) is 3.66. The van der Waals surface area contributed by atoms with Gasteiger partial charge in [0.1, 0.15) is 5.82 Å². The van der Waals surface area contributed by atoms with Gasteiger partial charge in [0.2, 0.25) is 5.91 Å². The third kappa shape index (κ3) is 2.39. The van der Waals surface area contributed by atoms with Crippen molar-refractivity contribution < 1.29 is 9.18 Å². The average molecular weight is 340 g/mol. The Morgan fingerprint density at radius 1 is 1.45 bits per heavy atom. The largest absolute Gasteiger partial charge is 0.332 e. The Morgan fingerprint density at radius 2 is 2.20 bits per heavy atom. The summed E-state index contributed by atoms with van der Waals surface area (Å²) in [6, 6.07) is 4.96. The van der Waals surface area contributed by atoms with E-state index in [-0.39, 0.29) is 17.3 Å². The molecule has 20 heavy (non-hydrogen) atoms. The first kappa shape index (κ1) is 14.1. The summed E-state index contributed by atoms with van der Waals surface area (Å²) >= 11 is 3.30. The molecule has 1 aromatic carbocycles. The lowest BCUT2D eigenvalue weighted by atomic mass is 9.88. The number of aryl methyl sites for hydroxylation is 1. The number of alkyl halides is 1. The number of halogens is 2. The Morgan fingerprint density at radius 3 is 2.85 bits per heavy atom. The molecule has 1 aliphatic carbocycles. The van der Waals surface area contributed by atoms with Crippen LogP contribution in [0.15, 0.2) is 18.2 Å². The van der Waals surface area contributed by atoms with Crippen molar-refractivity contribution in [3.8, 4) is 0 Å². The summed E-state index contributed by atoms with van der Waals surface area (Å²) < 4.78 is 13.4. The van der Waals surface area contributed by atoms with E-state index in [0.29, 0.717) is 17.8 Å². The fraction of sp³-hybridized carbons (Fsp3) is 0.562.